The van der Waals surface area contributed by atoms with Crippen LogP contribution in [0.1, 0.15) is 47.2 Å². The van der Waals surface area contributed by atoms with Crippen molar-refractivity contribution in [2.45, 2.75) is 43.0 Å². The van der Waals surface area contributed by atoms with Gasteiger partial charge in [0.2, 0.25) is 11.8 Å². The van der Waals surface area contributed by atoms with Gasteiger partial charge >= 0.3 is 0 Å². The Morgan fingerprint density at radius 1 is 1.32 bits per heavy atom. The number of aryl methyl sites for hydroxylation is 1. The van der Waals surface area contributed by atoms with Crippen LogP contribution in [0.3, 0.4) is 0 Å². The summed E-state index contributed by atoms with van der Waals surface area (Å²) in [6.45, 7) is 3.75. The summed E-state index contributed by atoms with van der Waals surface area (Å²) in [6.07, 6.45) is 2.12. The van der Waals surface area contributed by atoms with E-state index >= 15 is 0 Å². The summed E-state index contributed by atoms with van der Waals surface area (Å²) in [5, 5.41) is 12.6. The van der Waals surface area contributed by atoms with E-state index < -0.39 is 0 Å². The minimum Gasteiger partial charge on any atom is -0.424 e. The van der Waals surface area contributed by atoms with Crippen LogP contribution in [-0.4, -0.2) is 27.1 Å². The van der Waals surface area contributed by atoms with Gasteiger partial charge < -0.3 is 9.73 Å². The van der Waals surface area contributed by atoms with Gasteiger partial charge in [-0.25, -0.2) is 4.98 Å². The minimum absolute atomic E-state index is 0.0377. The summed E-state index contributed by atoms with van der Waals surface area (Å²) in [6, 6.07) is 9.88. The first kappa shape index (κ1) is 16.1. The molecule has 0 radical (unpaired) electrons. The first-order valence-corrected chi connectivity index (χ1v) is 9.15. The van der Waals surface area contributed by atoms with E-state index in [1.807, 2.05) is 37.3 Å². The first-order valence-electron chi connectivity index (χ1n) is 8.27. The van der Waals surface area contributed by atoms with Crippen LogP contribution in [0, 0.1) is 6.92 Å². The fourth-order valence-electron chi connectivity index (χ4n) is 2.60. The molecule has 128 valence electrons. The van der Waals surface area contributed by atoms with E-state index in [1.54, 1.807) is 6.92 Å². The van der Waals surface area contributed by atoms with E-state index in [4.69, 9.17) is 4.42 Å². The Bertz CT molecular complexity index is 936. The second-order valence-electron chi connectivity index (χ2n) is 6.19. The molecule has 4 rings (SSSR count). The summed E-state index contributed by atoms with van der Waals surface area (Å²) in [5.74, 6) is 1.06. The number of nitrogens with one attached hydrogen (secondary N) is 1. The average Bonchev–Trinajstić information content (AvgIpc) is 3.31. The van der Waals surface area contributed by atoms with Crippen LogP contribution < -0.4 is 5.32 Å². The van der Waals surface area contributed by atoms with Gasteiger partial charge in [-0.15, -0.1) is 10.2 Å². The number of carbonyl (C=O) groups is 1. The van der Waals surface area contributed by atoms with E-state index in [0.717, 1.165) is 28.8 Å². The predicted molar refractivity (Wildman–Crippen MR) is 95.5 cm³/mol. The quantitative estimate of drug-likeness (QED) is 0.704. The highest BCUT2D eigenvalue weighted by atomic mass is 32.2. The molecule has 1 atom stereocenters. The van der Waals surface area contributed by atoms with Crippen molar-refractivity contribution in [2.24, 2.45) is 0 Å². The molecule has 0 bridgehead atoms. The zero-order chi connectivity index (χ0) is 17.4. The standard InChI is InChI=1S/C18H18N4O2S/c1-10(18-22-21-11(2)24-18)25-16-9-14(17(23)19-12-7-8-12)13-5-3-4-6-15(13)20-16/h3-6,9-10,12H,7-8H2,1-2H3,(H,19,23)/t10-/m0/s1. The monoisotopic (exact) mass is 354 g/mol. The van der Waals surface area contributed by atoms with E-state index in [0.29, 0.717) is 23.4 Å². The largest absolute Gasteiger partial charge is 0.424 e. The molecule has 0 saturated heterocycles. The molecule has 1 aliphatic carbocycles. The van der Waals surface area contributed by atoms with Gasteiger partial charge in [0.25, 0.3) is 5.91 Å². The fourth-order valence-corrected chi connectivity index (χ4v) is 3.49. The molecule has 7 heteroatoms. The molecule has 0 aliphatic heterocycles. The van der Waals surface area contributed by atoms with Crippen molar-refractivity contribution >= 4 is 28.6 Å². The van der Waals surface area contributed by atoms with Crippen LogP contribution in [-0.2, 0) is 0 Å². The lowest BCUT2D eigenvalue weighted by Crippen LogP contribution is -2.25. The number of fused-ring (bicyclic) bond motifs is 1. The van der Waals surface area contributed by atoms with Crippen molar-refractivity contribution in [2.75, 3.05) is 0 Å². The number of benzene rings is 1. The molecule has 2 heterocycles. The SMILES string of the molecule is Cc1nnc([C@H](C)Sc2cc(C(=O)NC3CC3)c3ccccc3n2)o1. The van der Waals surface area contributed by atoms with Gasteiger partial charge in [-0.05, 0) is 31.9 Å². The normalized spacial score (nSPS) is 15.3. The Kier molecular flexibility index (Phi) is 4.17. The number of amides is 1. The van der Waals surface area contributed by atoms with Crippen molar-refractivity contribution in [3.05, 3.63) is 47.7 Å². The molecule has 1 aliphatic rings. The molecule has 1 saturated carbocycles. The first-order chi connectivity index (χ1) is 12.1. The van der Waals surface area contributed by atoms with Gasteiger partial charge in [0, 0.05) is 18.4 Å². The Hall–Kier alpha value is -2.41. The third kappa shape index (κ3) is 3.51. The van der Waals surface area contributed by atoms with Crippen molar-refractivity contribution in [1.29, 1.82) is 0 Å². The maximum Gasteiger partial charge on any atom is 0.252 e. The summed E-state index contributed by atoms with van der Waals surface area (Å²) in [5.41, 5.74) is 1.47. The number of carbonyl (C=O) groups excluding carboxylic acids is 1. The lowest BCUT2D eigenvalue weighted by molar-refractivity contribution is 0.0952. The van der Waals surface area contributed by atoms with Crippen LogP contribution in [0.2, 0.25) is 0 Å². The maximum absolute atomic E-state index is 12.6. The molecule has 6 nitrogen and oxygen atoms in total. The smallest absolute Gasteiger partial charge is 0.252 e. The number of para-hydroxylation sites is 1. The van der Waals surface area contributed by atoms with Crippen molar-refractivity contribution in [1.82, 2.24) is 20.5 Å². The summed E-state index contributed by atoms with van der Waals surface area (Å²) >= 11 is 1.50. The van der Waals surface area contributed by atoms with E-state index in [9.17, 15) is 4.79 Å². The van der Waals surface area contributed by atoms with Gasteiger partial charge in [0.1, 0.15) is 0 Å². The van der Waals surface area contributed by atoms with Gasteiger partial charge in [-0.1, -0.05) is 30.0 Å². The number of nitrogens with zero attached hydrogens (tertiary/aromatic N) is 3. The lowest BCUT2D eigenvalue weighted by atomic mass is 10.1. The van der Waals surface area contributed by atoms with E-state index in [1.165, 1.54) is 11.8 Å². The van der Waals surface area contributed by atoms with Gasteiger partial charge in [-0.2, -0.15) is 0 Å². The number of pyridine rings is 1. The molecular weight excluding hydrogens is 336 g/mol. The Morgan fingerprint density at radius 2 is 2.12 bits per heavy atom. The molecule has 1 fully saturated rings. The Balaban J connectivity index is 1.67. The number of aromatic nitrogens is 3. The van der Waals surface area contributed by atoms with Crippen molar-refractivity contribution in [3.63, 3.8) is 0 Å². The van der Waals surface area contributed by atoms with Crippen molar-refractivity contribution in [3.8, 4) is 0 Å². The molecule has 3 aromatic rings. The fraction of sp³-hybridized carbons (Fsp3) is 0.333. The molecule has 2 aromatic heterocycles. The van der Waals surface area contributed by atoms with Crippen LogP contribution in [0.4, 0.5) is 0 Å². The molecule has 0 unspecified atom stereocenters. The zero-order valence-corrected chi connectivity index (χ0v) is 14.8. The van der Waals surface area contributed by atoms with Crippen LogP contribution >= 0.6 is 11.8 Å². The summed E-state index contributed by atoms with van der Waals surface area (Å²) < 4.78 is 5.49. The third-order valence-corrected chi connectivity index (χ3v) is 5.04. The number of rotatable bonds is 5. The van der Waals surface area contributed by atoms with E-state index in [2.05, 4.69) is 20.5 Å². The van der Waals surface area contributed by atoms with Crippen LogP contribution in [0.15, 0.2) is 39.8 Å². The third-order valence-electron chi connectivity index (χ3n) is 4.04. The van der Waals surface area contributed by atoms with E-state index in [-0.39, 0.29) is 11.2 Å². The summed E-state index contributed by atoms with van der Waals surface area (Å²) in [7, 11) is 0. The highest BCUT2D eigenvalue weighted by Crippen LogP contribution is 2.35. The maximum atomic E-state index is 12.6. The van der Waals surface area contributed by atoms with Crippen molar-refractivity contribution < 1.29 is 9.21 Å². The van der Waals surface area contributed by atoms with Crippen LogP contribution in [0.5, 0.6) is 0 Å². The molecule has 1 N–H and O–H groups in total. The highest BCUT2D eigenvalue weighted by molar-refractivity contribution is 7.99. The second kappa shape index (κ2) is 6.48. The topological polar surface area (TPSA) is 80.9 Å². The molecule has 25 heavy (non-hydrogen) atoms. The summed E-state index contributed by atoms with van der Waals surface area (Å²) in [4.78, 5) is 17.3. The number of hydrogen-bond donors (Lipinski definition) is 1. The predicted octanol–water partition coefficient (Wildman–Crippen LogP) is 3.67. The Labute approximate surface area is 149 Å². The zero-order valence-electron chi connectivity index (χ0n) is 14.0. The van der Waals surface area contributed by atoms with Crippen LogP contribution in [0.25, 0.3) is 10.9 Å². The van der Waals surface area contributed by atoms with Gasteiger partial charge in [0.15, 0.2) is 0 Å². The highest BCUT2D eigenvalue weighted by Gasteiger charge is 2.25. The minimum atomic E-state index is -0.0470. The molecule has 0 spiro atoms. The molecule has 1 aromatic carbocycles. The van der Waals surface area contributed by atoms with Gasteiger partial charge in [-0.3, -0.25) is 4.79 Å². The number of hydrogen-bond acceptors (Lipinski definition) is 6. The lowest BCUT2D eigenvalue weighted by Gasteiger charge is -2.11. The molecular formula is C18H18N4O2S. The average molecular weight is 354 g/mol. The second-order valence-corrected chi connectivity index (χ2v) is 7.55. The Morgan fingerprint density at radius 3 is 2.84 bits per heavy atom. The number of thioether (sulfide) groups is 1. The van der Waals surface area contributed by atoms with Gasteiger partial charge in [0.05, 0.1) is 21.4 Å². The molecule has 1 amide bonds.